The molecule has 1 aliphatic rings. The third-order valence-corrected chi connectivity index (χ3v) is 3.19. The van der Waals surface area contributed by atoms with Crippen LogP contribution in [-0.2, 0) is 0 Å². The molecule has 0 bridgehead atoms. The standard InChI is InChI=1S/C12H17N5.ClH/c1-2-6-13-9(4-1)8-15-12-16-10-5-3-7-14-11(10)17-12;/h3,5,7,9,13H,1-2,4,6,8H2,(H2,14,15,16,17);1H. The van der Waals surface area contributed by atoms with Crippen molar-refractivity contribution in [2.75, 3.05) is 18.4 Å². The topological polar surface area (TPSA) is 65.6 Å². The highest BCUT2D eigenvalue weighted by molar-refractivity contribution is 5.85. The van der Waals surface area contributed by atoms with Crippen LogP contribution in [0.15, 0.2) is 18.3 Å². The molecule has 1 aliphatic heterocycles. The zero-order chi connectivity index (χ0) is 11.5. The molecule has 1 fully saturated rings. The number of fused-ring (bicyclic) bond motifs is 1. The maximum Gasteiger partial charge on any atom is 0.202 e. The van der Waals surface area contributed by atoms with Crippen LogP contribution in [0.5, 0.6) is 0 Å². The van der Waals surface area contributed by atoms with Gasteiger partial charge in [-0.1, -0.05) is 6.42 Å². The number of piperidine rings is 1. The van der Waals surface area contributed by atoms with Gasteiger partial charge in [-0.25, -0.2) is 4.98 Å². The lowest BCUT2D eigenvalue weighted by Gasteiger charge is -2.23. The molecule has 5 nitrogen and oxygen atoms in total. The van der Waals surface area contributed by atoms with Crippen molar-refractivity contribution in [2.45, 2.75) is 25.3 Å². The monoisotopic (exact) mass is 267 g/mol. The van der Waals surface area contributed by atoms with Crippen LogP contribution >= 0.6 is 12.4 Å². The number of nitrogens with zero attached hydrogens (tertiary/aromatic N) is 2. The van der Waals surface area contributed by atoms with E-state index in [0.29, 0.717) is 6.04 Å². The third-order valence-electron chi connectivity index (χ3n) is 3.19. The van der Waals surface area contributed by atoms with E-state index in [9.17, 15) is 0 Å². The second-order valence-electron chi connectivity index (χ2n) is 4.49. The summed E-state index contributed by atoms with van der Waals surface area (Å²) in [4.78, 5) is 11.8. The third kappa shape index (κ3) is 2.91. The van der Waals surface area contributed by atoms with Gasteiger partial charge < -0.3 is 15.6 Å². The number of nitrogens with one attached hydrogen (secondary N) is 3. The van der Waals surface area contributed by atoms with Gasteiger partial charge in [0.2, 0.25) is 5.95 Å². The summed E-state index contributed by atoms with van der Waals surface area (Å²) < 4.78 is 0. The molecule has 6 heteroatoms. The molecule has 0 saturated carbocycles. The number of imidazole rings is 1. The van der Waals surface area contributed by atoms with Crippen molar-refractivity contribution in [1.82, 2.24) is 20.3 Å². The molecule has 0 spiro atoms. The fourth-order valence-corrected chi connectivity index (χ4v) is 2.25. The highest BCUT2D eigenvalue weighted by Crippen LogP contribution is 2.12. The number of pyridine rings is 1. The number of H-pyrrole nitrogens is 1. The van der Waals surface area contributed by atoms with E-state index in [1.54, 1.807) is 6.20 Å². The van der Waals surface area contributed by atoms with Crippen LogP contribution in [0, 0.1) is 0 Å². The van der Waals surface area contributed by atoms with Gasteiger partial charge >= 0.3 is 0 Å². The van der Waals surface area contributed by atoms with Crippen LogP contribution in [0.4, 0.5) is 5.95 Å². The van der Waals surface area contributed by atoms with E-state index in [0.717, 1.165) is 30.2 Å². The van der Waals surface area contributed by atoms with E-state index in [1.807, 2.05) is 12.1 Å². The molecule has 2 aromatic heterocycles. The Labute approximate surface area is 112 Å². The lowest BCUT2D eigenvalue weighted by Crippen LogP contribution is -2.39. The van der Waals surface area contributed by atoms with Crippen LogP contribution in [0.1, 0.15) is 19.3 Å². The second-order valence-corrected chi connectivity index (χ2v) is 4.49. The summed E-state index contributed by atoms with van der Waals surface area (Å²) in [5.74, 6) is 0.811. The first-order valence-corrected chi connectivity index (χ1v) is 6.20. The first-order valence-electron chi connectivity index (χ1n) is 6.20. The van der Waals surface area contributed by atoms with Gasteiger partial charge in [0.25, 0.3) is 0 Å². The number of rotatable bonds is 3. The number of aromatic amines is 1. The minimum Gasteiger partial charge on any atom is -0.354 e. The zero-order valence-electron chi connectivity index (χ0n) is 10.1. The fraction of sp³-hybridized carbons (Fsp3) is 0.500. The normalized spacial score (nSPS) is 19.4. The molecule has 0 aromatic carbocycles. The Morgan fingerprint density at radius 2 is 2.33 bits per heavy atom. The van der Waals surface area contributed by atoms with Gasteiger partial charge in [0.1, 0.15) is 0 Å². The molecule has 3 rings (SSSR count). The van der Waals surface area contributed by atoms with Gasteiger partial charge in [-0.3, -0.25) is 0 Å². The molecule has 1 unspecified atom stereocenters. The lowest BCUT2D eigenvalue weighted by atomic mass is 10.1. The van der Waals surface area contributed by atoms with E-state index in [1.165, 1.54) is 19.3 Å². The Bertz CT molecular complexity index is 459. The van der Waals surface area contributed by atoms with Gasteiger partial charge in [0.15, 0.2) is 5.65 Å². The van der Waals surface area contributed by atoms with Crippen molar-refractivity contribution in [3.05, 3.63) is 18.3 Å². The Hall–Kier alpha value is -1.33. The minimum absolute atomic E-state index is 0. The molecule has 18 heavy (non-hydrogen) atoms. The number of hydrogen-bond acceptors (Lipinski definition) is 4. The first kappa shape index (κ1) is 13.1. The first-order chi connectivity index (χ1) is 8.42. The molecular formula is C12H18ClN5. The van der Waals surface area contributed by atoms with Crippen LogP contribution in [0.3, 0.4) is 0 Å². The van der Waals surface area contributed by atoms with Crippen LogP contribution in [-0.4, -0.2) is 34.1 Å². The van der Waals surface area contributed by atoms with Crippen LogP contribution in [0.25, 0.3) is 11.2 Å². The Morgan fingerprint density at radius 1 is 1.39 bits per heavy atom. The van der Waals surface area contributed by atoms with Gasteiger partial charge in [-0.2, -0.15) is 4.98 Å². The SMILES string of the molecule is Cl.c1cnc2nc(NCC3CCCCN3)[nH]c2c1. The summed E-state index contributed by atoms with van der Waals surface area (Å²) in [5.41, 5.74) is 1.75. The zero-order valence-corrected chi connectivity index (χ0v) is 11.0. The van der Waals surface area contributed by atoms with Gasteiger partial charge in [-0.15, -0.1) is 12.4 Å². The average molecular weight is 268 g/mol. The molecule has 3 heterocycles. The summed E-state index contributed by atoms with van der Waals surface area (Å²) in [7, 11) is 0. The number of aromatic nitrogens is 3. The Kier molecular flexibility index (Phi) is 4.38. The number of anilines is 1. The molecule has 2 aromatic rings. The second kappa shape index (κ2) is 6.02. The highest BCUT2D eigenvalue weighted by Gasteiger charge is 2.12. The van der Waals surface area contributed by atoms with E-state index >= 15 is 0 Å². The Balaban J connectivity index is 0.00000120. The van der Waals surface area contributed by atoms with Gasteiger partial charge in [0, 0.05) is 18.8 Å². The molecule has 0 radical (unpaired) electrons. The van der Waals surface area contributed by atoms with E-state index in [-0.39, 0.29) is 12.4 Å². The number of hydrogen-bond donors (Lipinski definition) is 3. The maximum atomic E-state index is 4.39. The lowest BCUT2D eigenvalue weighted by molar-refractivity contribution is 0.414. The minimum atomic E-state index is 0. The molecule has 3 N–H and O–H groups in total. The van der Waals surface area contributed by atoms with Crippen molar-refractivity contribution in [1.29, 1.82) is 0 Å². The summed E-state index contributed by atoms with van der Waals surface area (Å²) >= 11 is 0. The fourth-order valence-electron chi connectivity index (χ4n) is 2.25. The molecule has 1 saturated heterocycles. The van der Waals surface area contributed by atoms with E-state index in [2.05, 4.69) is 25.6 Å². The largest absolute Gasteiger partial charge is 0.354 e. The molecule has 0 aliphatic carbocycles. The Morgan fingerprint density at radius 3 is 3.11 bits per heavy atom. The van der Waals surface area contributed by atoms with Gasteiger partial charge in [0.05, 0.1) is 5.52 Å². The van der Waals surface area contributed by atoms with E-state index in [4.69, 9.17) is 0 Å². The molecule has 0 amide bonds. The van der Waals surface area contributed by atoms with Gasteiger partial charge in [-0.05, 0) is 31.5 Å². The van der Waals surface area contributed by atoms with Crippen molar-refractivity contribution in [3.63, 3.8) is 0 Å². The maximum absolute atomic E-state index is 4.39. The summed E-state index contributed by atoms with van der Waals surface area (Å²) in [6, 6.07) is 4.46. The van der Waals surface area contributed by atoms with Crippen molar-refractivity contribution < 1.29 is 0 Å². The van der Waals surface area contributed by atoms with Crippen molar-refractivity contribution in [2.24, 2.45) is 0 Å². The summed E-state index contributed by atoms with van der Waals surface area (Å²) in [6.07, 6.45) is 5.62. The van der Waals surface area contributed by atoms with Crippen LogP contribution in [0.2, 0.25) is 0 Å². The molecule has 1 atom stereocenters. The highest BCUT2D eigenvalue weighted by atomic mass is 35.5. The van der Waals surface area contributed by atoms with Crippen LogP contribution < -0.4 is 10.6 Å². The smallest absolute Gasteiger partial charge is 0.202 e. The van der Waals surface area contributed by atoms with Crippen molar-refractivity contribution >= 4 is 29.5 Å². The van der Waals surface area contributed by atoms with Crippen molar-refractivity contribution in [3.8, 4) is 0 Å². The summed E-state index contributed by atoms with van der Waals surface area (Å²) in [5, 5.41) is 6.84. The van der Waals surface area contributed by atoms with E-state index < -0.39 is 0 Å². The quantitative estimate of drug-likeness (QED) is 0.795. The predicted molar refractivity (Wildman–Crippen MR) is 75.3 cm³/mol. The predicted octanol–water partition coefficient (Wildman–Crippen LogP) is 1.93. The average Bonchev–Trinajstić information content (AvgIpc) is 2.80. The molecule has 98 valence electrons. The molecular weight excluding hydrogens is 250 g/mol. The summed E-state index contributed by atoms with van der Waals surface area (Å²) in [6.45, 7) is 2.05. The number of halogens is 1.